The van der Waals surface area contributed by atoms with Crippen LogP contribution in [-0.2, 0) is 6.42 Å². The van der Waals surface area contributed by atoms with Crippen molar-refractivity contribution in [3.05, 3.63) is 113 Å². The third-order valence-corrected chi connectivity index (χ3v) is 11.2. The summed E-state index contributed by atoms with van der Waals surface area (Å²) < 4.78 is 1.12. The molecule has 2 heterocycles. The number of hydrogen-bond donors (Lipinski definition) is 1. The summed E-state index contributed by atoms with van der Waals surface area (Å²) >= 11 is 3.63. The number of nitrogens with one attached hydrogen (secondary N) is 1. The van der Waals surface area contributed by atoms with Crippen molar-refractivity contribution >= 4 is 44.9 Å². The van der Waals surface area contributed by atoms with E-state index in [1.165, 1.54) is 21.5 Å². The average molecular weight is 488 g/mol. The molecule has 1 unspecified atom stereocenters. The molecule has 0 spiro atoms. The predicted octanol–water partition coefficient (Wildman–Crippen LogP) is 5.56. The van der Waals surface area contributed by atoms with Crippen LogP contribution in [0.3, 0.4) is 0 Å². The second kappa shape index (κ2) is 8.94. The first-order valence-electron chi connectivity index (χ1n) is 10.7. The molecule has 0 aliphatic carbocycles. The maximum atomic E-state index is 4.62. The van der Waals surface area contributed by atoms with Crippen molar-refractivity contribution in [2.24, 2.45) is 0 Å². The molecule has 1 aliphatic heterocycles. The Bertz CT molecular complexity index is 1110. The van der Waals surface area contributed by atoms with E-state index in [9.17, 15) is 0 Å². The molecule has 1 aromatic heterocycles. The number of nitrogens with zero attached hydrogens (tertiary/aromatic N) is 1. The first-order valence-corrected chi connectivity index (χ1v) is 13.5. The van der Waals surface area contributed by atoms with Gasteiger partial charge in [0, 0.05) is 10.7 Å². The lowest BCUT2D eigenvalue weighted by molar-refractivity contribution is 0.679. The summed E-state index contributed by atoms with van der Waals surface area (Å²) in [6.07, 6.45) is 5.15. The second-order valence-electron chi connectivity index (χ2n) is 8.03. The van der Waals surface area contributed by atoms with Gasteiger partial charge in [0.2, 0.25) is 0 Å². The van der Waals surface area contributed by atoms with Crippen LogP contribution in [0.15, 0.2) is 108 Å². The zero-order chi connectivity index (χ0) is 21.1. The smallest absolute Gasteiger partial charge is 0.129 e. The van der Waals surface area contributed by atoms with Crippen molar-refractivity contribution < 1.29 is 0 Å². The molecule has 2 nitrogen and oxygen atoms in total. The summed E-state index contributed by atoms with van der Waals surface area (Å²) in [5.74, 6) is 1.05. The number of pyridine rings is 1. The predicted molar refractivity (Wildman–Crippen MR) is 138 cm³/mol. The van der Waals surface area contributed by atoms with Gasteiger partial charge in [0.1, 0.15) is 29.0 Å². The van der Waals surface area contributed by atoms with Gasteiger partial charge in [0.15, 0.2) is 0 Å². The lowest BCUT2D eigenvalue weighted by Gasteiger charge is -2.33. The molecule has 31 heavy (non-hydrogen) atoms. The average Bonchev–Trinajstić information content (AvgIpc) is 2.84. The maximum absolute atomic E-state index is 4.62. The summed E-state index contributed by atoms with van der Waals surface area (Å²) in [4.78, 5) is 4.62. The van der Waals surface area contributed by atoms with E-state index in [0.29, 0.717) is 6.04 Å². The van der Waals surface area contributed by atoms with Gasteiger partial charge in [-0.2, -0.15) is 0 Å². The molecular weight excluding hydrogens is 463 g/mol. The molecule has 0 radical (unpaired) electrons. The van der Waals surface area contributed by atoms with Crippen LogP contribution in [0, 0.1) is 0 Å². The Morgan fingerprint density at radius 2 is 1.39 bits per heavy atom. The number of anilines is 1. The summed E-state index contributed by atoms with van der Waals surface area (Å²) in [6.45, 7) is 0. The van der Waals surface area contributed by atoms with E-state index >= 15 is 0 Å². The highest BCUT2D eigenvalue weighted by Gasteiger charge is 2.47. The van der Waals surface area contributed by atoms with Gasteiger partial charge < -0.3 is 5.32 Å². The monoisotopic (exact) mass is 487 g/mol. The van der Waals surface area contributed by atoms with Crippen LogP contribution in [0.2, 0.25) is 0 Å². The number of halogens is 1. The topological polar surface area (TPSA) is 24.9 Å². The van der Waals surface area contributed by atoms with Gasteiger partial charge >= 0.3 is 0 Å². The highest BCUT2D eigenvalue weighted by atomic mass is 79.9. The van der Waals surface area contributed by atoms with Crippen molar-refractivity contribution in [1.29, 1.82) is 0 Å². The fourth-order valence-corrected chi connectivity index (χ4v) is 9.40. The number of rotatable bonds is 5. The van der Waals surface area contributed by atoms with Gasteiger partial charge in [0.05, 0.1) is 12.2 Å². The van der Waals surface area contributed by atoms with Gasteiger partial charge in [-0.05, 0) is 73.0 Å². The molecule has 0 fully saturated rings. The van der Waals surface area contributed by atoms with Crippen molar-refractivity contribution in [1.82, 2.24) is 4.98 Å². The fraction of sp³-hybridized carbons (Fsp3) is 0.148. The van der Waals surface area contributed by atoms with E-state index in [4.69, 9.17) is 0 Å². The van der Waals surface area contributed by atoms with E-state index < -0.39 is 7.26 Å². The van der Waals surface area contributed by atoms with E-state index in [1.54, 1.807) is 0 Å². The standard InChI is InChI=1S/C27H25BrN2P/c28-22-14-17-26(18-15-22)31(24-9-3-1-4-10-24,25-11-5-2-6-12-25)20-23-16-13-21-8-7-19-29-27(21)30-23/h1-12,14-15,17-19,23H,13,16,20H2,(H,29,30)/q+1. The molecule has 5 rings (SSSR count). The minimum atomic E-state index is -1.86. The largest absolute Gasteiger partial charge is 0.363 e. The van der Waals surface area contributed by atoms with Crippen molar-refractivity contribution in [3.63, 3.8) is 0 Å². The van der Waals surface area contributed by atoms with Crippen LogP contribution in [0.5, 0.6) is 0 Å². The Morgan fingerprint density at radius 1 is 0.774 bits per heavy atom. The minimum absolute atomic E-state index is 0.375. The van der Waals surface area contributed by atoms with Gasteiger partial charge in [-0.3, -0.25) is 0 Å². The molecule has 0 saturated heterocycles. The third kappa shape index (κ3) is 4.05. The van der Waals surface area contributed by atoms with Crippen LogP contribution in [-0.4, -0.2) is 17.2 Å². The number of hydrogen-bond acceptors (Lipinski definition) is 2. The normalized spacial score (nSPS) is 15.7. The van der Waals surface area contributed by atoms with Gasteiger partial charge in [-0.25, -0.2) is 4.98 Å². The molecule has 0 amide bonds. The van der Waals surface area contributed by atoms with Gasteiger partial charge in [-0.1, -0.05) is 58.4 Å². The van der Waals surface area contributed by atoms with Crippen molar-refractivity contribution in [2.75, 3.05) is 11.5 Å². The molecule has 0 saturated carbocycles. The first-order chi connectivity index (χ1) is 15.3. The van der Waals surface area contributed by atoms with E-state index in [2.05, 4.69) is 117 Å². The Hall–Kier alpha value is -2.48. The van der Waals surface area contributed by atoms with Crippen LogP contribution in [0.1, 0.15) is 12.0 Å². The summed E-state index contributed by atoms with van der Waals surface area (Å²) in [7, 11) is -1.86. The summed E-state index contributed by atoms with van der Waals surface area (Å²) in [5, 5.41) is 8.05. The Labute approximate surface area is 193 Å². The Balaban J connectivity index is 1.66. The van der Waals surface area contributed by atoms with Gasteiger partial charge in [-0.15, -0.1) is 0 Å². The van der Waals surface area contributed by atoms with Crippen molar-refractivity contribution in [2.45, 2.75) is 18.9 Å². The Morgan fingerprint density at radius 3 is 2.03 bits per heavy atom. The van der Waals surface area contributed by atoms with Crippen molar-refractivity contribution in [3.8, 4) is 0 Å². The summed E-state index contributed by atoms with van der Waals surface area (Å²) in [5.41, 5.74) is 1.32. The zero-order valence-corrected chi connectivity index (χ0v) is 19.8. The second-order valence-corrected chi connectivity index (χ2v) is 12.5. The lowest BCUT2D eigenvalue weighted by Crippen LogP contribution is -2.40. The number of aromatic nitrogens is 1. The first kappa shape index (κ1) is 20.4. The fourth-order valence-electron chi connectivity index (χ4n) is 4.66. The van der Waals surface area contributed by atoms with E-state index in [0.717, 1.165) is 29.3 Å². The molecule has 1 N–H and O–H groups in total. The molecule has 0 bridgehead atoms. The van der Waals surface area contributed by atoms with Crippen LogP contribution < -0.4 is 21.2 Å². The Kier molecular flexibility index (Phi) is 5.89. The SMILES string of the molecule is Brc1ccc([P+](CC2CCc3cccnc3N2)(c2ccccc2)c2ccccc2)cc1. The molecule has 1 atom stereocenters. The van der Waals surface area contributed by atoms with Crippen LogP contribution in [0.4, 0.5) is 5.82 Å². The third-order valence-electron chi connectivity index (χ3n) is 6.15. The van der Waals surface area contributed by atoms with E-state index in [-0.39, 0.29) is 0 Å². The number of aryl methyl sites for hydroxylation is 1. The molecule has 4 aromatic rings. The van der Waals surface area contributed by atoms with Crippen LogP contribution in [0.25, 0.3) is 0 Å². The lowest BCUT2D eigenvalue weighted by atomic mass is 10.0. The molecule has 154 valence electrons. The number of benzene rings is 3. The maximum Gasteiger partial charge on any atom is 0.129 e. The molecular formula is C27H25BrN2P+. The summed E-state index contributed by atoms with van der Waals surface area (Å²) in [6, 6.07) is 35.8. The highest BCUT2D eigenvalue weighted by molar-refractivity contribution is 9.10. The quantitative estimate of drug-likeness (QED) is 0.372. The molecule has 4 heteroatoms. The molecule has 3 aromatic carbocycles. The molecule has 1 aliphatic rings. The minimum Gasteiger partial charge on any atom is -0.363 e. The zero-order valence-electron chi connectivity index (χ0n) is 17.3. The van der Waals surface area contributed by atoms with E-state index in [1.807, 2.05) is 12.3 Å². The van der Waals surface area contributed by atoms with Crippen LogP contribution >= 0.6 is 23.2 Å². The highest BCUT2D eigenvalue weighted by Crippen LogP contribution is 2.56. The number of fused-ring (bicyclic) bond motifs is 1. The van der Waals surface area contributed by atoms with Gasteiger partial charge in [0.25, 0.3) is 0 Å².